The molecule has 0 saturated carbocycles. The van der Waals surface area contributed by atoms with Crippen LogP contribution in [0.5, 0.6) is 0 Å². The summed E-state index contributed by atoms with van der Waals surface area (Å²) in [6.07, 6.45) is 0.161. The van der Waals surface area contributed by atoms with Gasteiger partial charge in [0.05, 0.1) is 23.6 Å². The van der Waals surface area contributed by atoms with Crippen molar-refractivity contribution in [2.24, 2.45) is 0 Å². The summed E-state index contributed by atoms with van der Waals surface area (Å²) in [4.78, 5) is 60.1. The Balaban J connectivity index is 1.55. The predicted molar refractivity (Wildman–Crippen MR) is 140 cm³/mol. The van der Waals surface area contributed by atoms with E-state index in [1.807, 2.05) is 6.07 Å². The third kappa shape index (κ3) is 8.16. The minimum Gasteiger partial charge on any atom is -0.398 e. The Labute approximate surface area is 217 Å². The molecule has 0 heterocycles. The Kier molecular flexibility index (Phi) is 9.46. The molecule has 3 rings (SSSR count). The van der Waals surface area contributed by atoms with Crippen molar-refractivity contribution in [2.45, 2.75) is 12.5 Å². The van der Waals surface area contributed by atoms with Crippen molar-refractivity contribution < 1.29 is 24.1 Å². The zero-order valence-corrected chi connectivity index (χ0v) is 20.2. The molecule has 38 heavy (non-hydrogen) atoms. The van der Waals surface area contributed by atoms with E-state index in [-0.39, 0.29) is 29.9 Å². The number of benzene rings is 3. The summed E-state index contributed by atoms with van der Waals surface area (Å²) in [6.45, 7) is -0.813. The smallest absolute Gasteiger partial charge is 0.269 e. The van der Waals surface area contributed by atoms with Gasteiger partial charge in [0.15, 0.2) is 0 Å². The number of nitro groups is 1. The summed E-state index contributed by atoms with van der Waals surface area (Å²) in [5.41, 5.74) is 7.20. The second-order valence-electron chi connectivity index (χ2n) is 8.15. The molecule has 0 spiro atoms. The van der Waals surface area contributed by atoms with Crippen molar-refractivity contribution in [1.82, 2.24) is 16.0 Å². The lowest BCUT2D eigenvalue weighted by Crippen LogP contribution is -2.49. The number of non-ortho nitro benzene ring substituents is 1. The standard InChI is InChI=1S/C26H26N6O6/c27-21-9-5-4-8-20(21)25(35)29-15-23(33)28-16-24(34)31-22(14-17-6-2-1-3-7-17)26(36)30-18-10-12-19(13-11-18)32(37)38/h1-13,22H,14-16,27H2,(H,28,33)(H,29,35)(H,30,36)(H,31,34)/t22-/m0/s1. The van der Waals surface area contributed by atoms with Crippen LogP contribution < -0.4 is 27.0 Å². The van der Waals surface area contributed by atoms with Crippen LogP contribution in [0.15, 0.2) is 78.9 Å². The maximum absolute atomic E-state index is 12.9. The highest BCUT2D eigenvalue weighted by molar-refractivity contribution is 6.01. The molecular weight excluding hydrogens is 492 g/mol. The van der Waals surface area contributed by atoms with Gasteiger partial charge in [0, 0.05) is 29.9 Å². The van der Waals surface area contributed by atoms with Crippen molar-refractivity contribution in [3.63, 3.8) is 0 Å². The molecule has 196 valence electrons. The Bertz CT molecular complexity index is 1310. The number of carbonyl (C=O) groups excluding carboxylic acids is 4. The molecule has 12 nitrogen and oxygen atoms in total. The fraction of sp³-hybridized carbons (Fsp3) is 0.154. The number of nitrogens with two attached hydrogens (primary N) is 1. The lowest BCUT2D eigenvalue weighted by atomic mass is 10.0. The van der Waals surface area contributed by atoms with Crippen LogP contribution in [0.2, 0.25) is 0 Å². The van der Waals surface area contributed by atoms with E-state index in [0.29, 0.717) is 5.69 Å². The van der Waals surface area contributed by atoms with E-state index in [2.05, 4.69) is 21.3 Å². The van der Waals surface area contributed by atoms with Gasteiger partial charge >= 0.3 is 0 Å². The second kappa shape index (κ2) is 13.2. The molecule has 4 amide bonds. The molecule has 0 bridgehead atoms. The molecule has 0 saturated heterocycles. The number of hydrogen-bond acceptors (Lipinski definition) is 7. The summed E-state index contributed by atoms with van der Waals surface area (Å²) in [5.74, 6) is -2.32. The molecular formula is C26H26N6O6. The summed E-state index contributed by atoms with van der Waals surface area (Å²) < 4.78 is 0. The van der Waals surface area contributed by atoms with E-state index in [9.17, 15) is 29.3 Å². The Morgan fingerprint density at radius 1 is 0.816 bits per heavy atom. The van der Waals surface area contributed by atoms with Gasteiger partial charge in [-0.2, -0.15) is 0 Å². The van der Waals surface area contributed by atoms with Crippen molar-refractivity contribution in [3.8, 4) is 0 Å². The number of para-hydroxylation sites is 1. The summed E-state index contributed by atoms with van der Waals surface area (Å²) >= 11 is 0. The fourth-order valence-corrected chi connectivity index (χ4v) is 3.40. The summed E-state index contributed by atoms with van der Waals surface area (Å²) in [6, 6.07) is 19.6. The highest BCUT2D eigenvalue weighted by atomic mass is 16.6. The van der Waals surface area contributed by atoms with Crippen LogP contribution in [-0.2, 0) is 20.8 Å². The number of amides is 4. The van der Waals surface area contributed by atoms with Crippen molar-refractivity contribution >= 4 is 40.7 Å². The molecule has 0 aliphatic carbocycles. The maximum Gasteiger partial charge on any atom is 0.269 e. The van der Waals surface area contributed by atoms with E-state index in [4.69, 9.17) is 5.73 Å². The monoisotopic (exact) mass is 518 g/mol. The van der Waals surface area contributed by atoms with Gasteiger partial charge in [0.2, 0.25) is 17.7 Å². The van der Waals surface area contributed by atoms with E-state index in [1.165, 1.54) is 30.3 Å². The molecule has 3 aromatic rings. The normalized spacial score (nSPS) is 11.1. The molecule has 0 aliphatic rings. The SMILES string of the molecule is Nc1ccccc1C(=O)NCC(=O)NCC(=O)N[C@@H](Cc1ccccc1)C(=O)Nc1ccc([N+](=O)[O-])cc1. The molecule has 12 heteroatoms. The van der Waals surface area contributed by atoms with Gasteiger partial charge < -0.3 is 27.0 Å². The van der Waals surface area contributed by atoms with Crippen LogP contribution in [-0.4, -0.2) is 47.7 Å². The van der Waals surface area contributed by atoms with Crippen LogP contribution in [0.25, 0.3) is 0 Å². The van der Waals surface area contributed by atoms with E-state index >= 15 is 0 Å². The second-order valence-corrected chi connectivity index (χ2v) is 8.15. The van der Waals surface area contributed by atoms with E-state index in [0.717, 1.165) is 5.56 Å². The number of anilines is 2. The summed E-state index contributed by atoms with van der Waals surface area (Å²) in [7, 11) is 0. The Morgan fingerprint density at radius 2 is 1.45 bits per heavy atom. The molecule has 0 fully saturated rings. The number of hydrogen-bond donors (Lipinski definition) is 5. The lowest BCUT2D eigenvalue weighted by Gasteiger charge is -2.19. The predicted octanol–water partition coefficient (Wildman–Crippen LogP) is 1.39. The van der Waals surface area contributed by atoms with Crippen LogP contribution in [0.3, 0.4) is 0 Å². The highest BCUT2D eigenvalue weighted by Gasteiger charge is 2.22. The van der Waals surface area contributed by atoms with E-state index < -0.39 is 41.1 Å². The number of nitro benzene ring substituents is 1. The van der Waals surface area contributed by atoms with Crippen molar-refractivity contribution in [3.05, 3.63) is 100 Å². The molecule has 0 aromatic heterocycles. The third-order valence-electron chi connectivity index (χ3n) is 5.34. The molecule has 1 atom stereocenters. The number of rotatable bonds is 11. The number of nitrogens with zero attached hydrogens (tertiary/aromatic N) is 1. The first kappa shape index (κ1) is 27.3. The van der Waals surface area contributed by atoms with Gasteiger partial charge in [0.1, 0.15) is 6.04 Å². The highest BCUT2D eigenvalue weighted by Crippen LogP contribution is 2.16. The van der Waals surface area contributed by atoms with Gasteiger partial charge in [0.25, 0.3) is 11.6 Å². The Hall–Kier alpha value is -5.26. The zero-order chi connectivity index (χ0) is 27.5. The van der Waals surface area contributed by atoms with Gasteiger partial charge in [-0.05, 0) is 29.8 Å². The Morgan fingerprint density at radius 3 is 2.11 bits per heavy atom. The van der Waals surface area contributed by atoms with Crippen LogP contribution in [0, 0.1) is 10.1 Å². The molecule has 0 unspecified atom stereocenters. The summed E-state index contributed by atoms with van der Waals surface area (Å²) in [5, 5.41) is 20.9. The van der Waals surface area contributed by atoms with Crippen molar-refractivity contribution in [2.75, 3.05) is 24.1 Å². The lowest BCUT2D eigenvalue weighted by molar-refractivity contribution is -0.384. The molecule has 0 aliphatic heterocycles. The van der Waals surface area contributed by atoms with Crippen molar-refractivity contribution in [1.29, 1.82) is 0 Å². The van der Waals surface area contributed by atoms with Gasteiger partial charge in [-0.25, -0.2) is 0 Å². The minimum atomic E-state index is -1.00. The molecule has 3 aromatic carbocycles. The van der Waals surface area contributed by atoms with Crippen LogP contribution >= 0.6 is 0 Å². The van der Waals surface area contributed by atoms with E-state index in [1.54, 1.807) is 42.5 Å². The number of nitrogen functional groups attached to an aromatic ring is 1. The maximum atomic E-state index is 12.9. The van der Waals surface area contributed by atoms with Gasteiger partial charge in [-0.3, -0.25) is 29.3 Å². The number of nitrogens with one attached hydrogen (secondary N) is 4. The van der Waals surface area contributed by atoms with Gasteiger partial charge in [-0.1, -0.05) is 42.5 Å². The van der Waals surface area contributed by atoms with Gasteiger partial charge in [-0.15, -0.1) is 0 Å². The topological polar surface area (TPSA) is 186 Å². The first-order valence-corrected chi connectivity index (χ1v) is 11.5. The quantitative estimate of drug-likeness (QED) is 0.144. The molecule has 0 radical (unpaired) electrons. The average Bonchev–Trinajstić information content (AvgIpc) is 2.91. The largest absolute Gasteiger partial charge is 0.398 e. The van der Waals surface area contributed by atoms with Crippen LogP contribution in [0.1, 0.15) is 15.9 Å². The third-order valence-corrected chi connectivity index (χ3v) is 5.34. The first-order valence-electron chi connectivity index (χ1n) is 11.5. The van der Waals surface area contributed by atoms with Crippen LogP contribution in [0.4, 0.5) is 17.1 Å². The minimum absolute atomic E-state index is 0.128. The number of carbonyl (C=O) groups is 4. The molecule has 6 N–H and O–H groups in total. The fourth-order valence-electron chi connectivity index (χ4n) is 3.40. The average molecular weight is 519 g/mol. The first-order chi connectivity index (χ1) is 18.2. The zero-order valence-electron chi connectivity index (χ0n) is 20.2.